The third kappa shape index (κ3) is 1.19. The van der Waals surface area contributed by atoms with Crippen molar-refractivity contribution in [3.63, 3.8) is 0 Å². The van der Waals surface area contributed by atoms with Crippen LogP contribution in [0.2, 0.25) is 0 Å². The van der Waals surface area contributed by atoms with Crippen LogP contribution in [0, 0.1) is 0 Å². The van der Waals surface area contributed by atoms with Crippen LogP contribution in [0.3, 0.4) is 0 Å². The van der Waals surface area contributed by atoms with Crippen LogP contribution >= 0.6 is 0 Å². The van der Waals surface area contributed by atoms with E-state index in [0.717, 1.165) is 5.23 Å². The molecule has 0 saturated heterocycles. The predicted octanol–water partition coefficient (Wildman–Crippen LogP) is -2.38. The minimum absolute atomic E-state index is 0.0266. The molecule has 1 aliphatic rings. The van der Waals surface area contributed by atoms with E-state index in [0.29, 0.717) is 0 Å². The molecule has 0 aromatic carbocycles. The fraction of sp³-hybridized carbons (Fsp3) is 0. The first-order valence-corrected chi connectivity index (χ1v) is 2.15. The minimum Gasteiger partial charge on any atom is -0.368 e. The number of hydrogen-bond donors (Lipinski definition) is 4. The Morgan fingerprint density at radius 1 is 1.67 bits per heavy atom. The van der Waals surface area contributed by atoms with E-state index < -0.39 is 6.03 Å². The maximum absolute atomic E-state index is 10.4. The van der Waals surface area contributed by atoms with Crippen LogP contribution in [0.5, 0.6) is 0 Å². The van der Waals surface area contributed by atoms with Gasteiger partial charge in [-0.1, -0.05) is 0 Å². The first-order valence-electron chi connectivity index (χ1n) is 2.15. The van der Waals surface area contributed by atoms with Crippen LogP contribution in [0.1, 0.15) is 0 Å². The quantitative estimate of drug-likeness (QED) is 0.274. The van der Waals surface area contributed by atoms with Crippen molar-refractivity contribution in [2.45, 2.75) is 0 Å². The Hall–Kier alpha value is -1.50. The van der Waals surface area contributed by atoms with E-state index in [4.69, 9.17) is 11.6 Å². The Kier molecular flexibility index (Phi) is 1.12. The number of hydrazone groups is 1. The average molecular weight is 130 g/mol. The first-order chi connectivity index (χ1) is 4.18. The summed E-state index contributed by atoms with van der Waals surface area (Å²) in [5.41, 5.74) is 7.18. The van der Waals surface area contributed by atoms with Gasteiger partial charge in [-0.2, -0.15) is 0 Å². The van der Waals surface area contributed by atoms with Crippen molar-refractivity contribution in [1.82, 2.24) is 16.0 Å². The number of hydrazine groups is 2. The van der Waals surface area contributed by atoms with Gasteiger partial charge in [0.25, 0.3) is 0 Å². The number of hydrogen-bond acceptors (Lipinski definition) is 5. The number of nitrogens with zero attached hydrogens (tertiary/aromatic N) is 2. The zero-order chi connectivity index (χ0) is 6.85. The van der Waals surface area contributed by atoms with Gasteiger partial charge in [0.15, 0.2) is 0 Å². The van der Waals surface area contributed by atoms with Gasteiger partial charge in [-0.15, -0.1) is 10.3 Å². The van der Waals surface area contributed by atoms with E-state index >= 15 is 0 Å². The van der Waals surface area contributed by atoms with E-state index in [1.54, 1.807) is 0 Å². The molecule has 7 nitrogen and oxygen atoms in total. The zero-order valence-corrected chi connectivity index (χ0v) is 4.46. The van der Waals surface area contributed by atoms with Crippen molar-refractivity contribution in [2.24, 2.45) is 16.7 Å². The summed E-state index contributed by atoms with van der Waals surface area (Å²) in [4.78, 5) is 10.4. The second-order valence-corrected chi connectivity index (χ2v) is 1.40. The van der Waals surface area contributed by atoms with Crippen molar-refractivity contribution in [3.8, 4) is 0 Å². The second kappa shape index (κ2) is 1.78. The van der Waals surface area contributed by atoms with Crippen molar-refractivity contribution in [2.75, 3.05) is 0 Å². The average Bonchev–Trinajstić information content (AvgIpc) is 1.59. The molecular weight excluding hydrogens is 124 g/mol. The van der Waals surface area contributed by atoms with Gasteiger partial charge in [0, 0.05) is 0 Å². The van der Waals surface area contributed by atoms with Gasteiger partial charge in [0.1, 0.15) is 0 Å². The smallest absolute Gasteiger partial charge is 0.342 e. The molecule has 1 heterocycles. The number of urea groups is 1. The molecule has 0 aromatic heterocycles. The molecule has 6 N–H and O–H groups in total. The standard InChI is InChI=1S/C2H6N6O/c3-1-5-2(9)7-8(4)6-1/h4H2,(H4,3,5,6,7,9). The summed E-state index contributed by atoms with van der Waals surface area (Å²) in [7, 11) is 0. The Balaban J connectivity index is 2.67. The third-order valence-corrected chi connectivity index (χ3v) is 0.673. The van der Waals surface area contributed by atoms with Crippen LogP contribution in [0.15, 0.2) is 5.10 Å². The molecule has 50 valence electrons. The molecule has 2 amide bonds. The van der Waals surface area contributed by atoms with Gasteiger partial charge in [0.2, 0.25) is 5.96 Å². The van der Waals surface area contributed by atoms with Crippen LogP contribution in [0.25, 0.3) is 0 Å². The molecule has 0 bridgehead atoms. The largest absolute Gasteiger partial charge is 0.368 e. The maximum atomic E-state index is 10.4. The molecule has 1 rings (SSSR count). The lowest BCUT2D eigenvalue weighted by atomic mass is 10.9. The summed E-state index contributed by atoms with van der Waals surface area (Å²) >= 11 is 0. The lowest BCUT2D eigenvalue weighted by Gasteiger charge is -2.18. The SMILES string of the molecule is NC1=NN(N)NC(=O)N1. The van der Waals surface area contributed by atoms with Gasteiger partial charge in [-0.05, 0) is 0 Å². The first kappa shape index (κ1) is 5.63. The highest BCUT2D eigenvalue weighted by Gasteiger charge is 2.10. The molecule has 1 aliphatic heterocycles. The summed E-state index contributed by atoms with van der Waals surface area (Å²) in [6.07, 6.45) is 0. The van der Waals surface area contributed by atoms with Crippen molar-refractivity contribution < 1.29 is 4.79 Å². The highest BCUT2D eigenvalue weighted by Crippen LogP contribution is 1.78. The van der Waals surface area contributed by atoms with Crippen molar-refractivity contribution in [3.05, 3.63) is 0 Å². The topological polar surface area (TPSA) is 109 Å². The Morgan fingerprint density at radius 3 is 2.78 bits per heavy atom. The Morgan fingerprint density at radius 2 is 2.33 bits per heavy atom. The molecular formula is C2H6N6O. The summed E-state index contributed by atoms with van der Waals surface area (Å²) in [5.74, 6) is 4.98. The zero-order valence-electron chi connectivity index (χ0n) is 4.46. The van der Waals surface area contributed by atoms with Crippen LogP contribution in [0.4, 0.5) is 4.79 Å². The molecule has 0 atom stereocenters. The second-order valence-electron chi connectivity index (χ2n) is 1.40. The van der Waals surface area contributed by atoms with Crippen molar-refractivity contribution in [1.29, 1.82) is 0 Å². The molecule has 0 unspecified atom stereocenters. The minimum atomic E-state index is -0.495. The van der Waals surface area contributed by atoms with E-state index in [1.165, 1.54) is 0 Å². The lowest BCUT2D eigenvalue weighted by molar-refractivity contribution is 0.178. The highest BCUT2D eigenvalue weighted by molar-refractivity contribution is 5.96. The third-order valence-electron chi connectivity index (χ3n) is 0.673. The molecule has 0 fully saturated rings. The van der Waals surface area contributed by atoms with E-state index in [1.807, 2.05) is 0 Å². The predicted molar refractivity (Wildman–Crippen MR) is 29.3 cm³/mol. The summed E-state index contributed by atoms with van der Waals surface area (Å²) in [6.45, 7) is 0. The van der Waals surface area contributed by atoms with Gasteiger partial charge >= 0.3 is 6.03 Å². The number of nitrogens with two attached hydrogens (primary N) is 2. The van der Waals surface area contributed by atoms with Crippen LogP contribution in [-0.2, 0) is 0 Å². The number of nitrogens with one attached hydrogen (secondary N) is 2. The maximum Gasteiger partial charge on any atom is 0.342 e. The number of rotatable bonds is 0. The number of guanidine groups is 1. The van der Waals surface area contributed by atoms with E-state index in [2.05, 4.69) is 15.8 Å². The summed E-state index contributed by atoms with van der Waals surface area (Å²) < 4.78 is 0. The molecule has 7 heteroatoms. The lowest BCUT2D eigenvalue weighted by Crippen LogP contribution is -2.57. The van der Waals surface area contributed by atoms with Crippen LogP contribution in [-0.4, -0.2) is 17.2 Å². The fourth-order valence-corrected chi connectivity index (χ4v) is 0.414. The Labute approximate surface area is 50.6 Å². The van der Waals surface area contributed by atoms with Gasteiger partial charge in [-0.3, -0.25) is 5.32 Å². The molecule has 0 aliphatic carbocycles. The molecule has 0 radical (unpaired) electrons. The van der Waals surface area contributed by atoms with Gasteiger partial charge in [0.05, 0.1) is 0 Å². The van der Waals surface area contributed by atoms with Gasteiger partial charge < -0.3 is 5.73 Å². The number of carbonyl (C=O) groups excluding carboxylic acids is 1. The van der Waals surface area contributed by atoms with E-state index in [9.17, 15) is 4.79 Å². The molecule has 0 spiro atoms. The van der Waals surface area contributed by atoms with Crippen molar-refractivity contribution >= 4 is 12.0 Å². The number of carbonyl (C=O) groups is 1. The number of amides is 2. The molecule has 9 heavy (non-hydrogen) atoms. The normalized spacial score (nSPS) is 18.1. The fourth-order valence-electron chi connectivity index (χ4n) is 0.414. The summed E-state index contributed by atoms with van der Waals surface area (Å²) in [5, 5.41) is 6.29. The molecule has 0 aromatic rings. The van der Waals surface area contributed by atoms with E-state index in [-0.39, 0.29) is 5.96 Å². The molecule has 0 saturated carbocycles. The van der Waals surface area contributed by atoms with Crippen LogP contribution < -0.4 is 22.3 Å². The van der Waals surface area contributed by atoms with Gasteiger partial charge in [-0.25, -0.2) is 16.1 Å². The summed E-state index contributed by atoms with van der Waals surface area (Å²) in [6, 6.07) is -0.495. The highest BCUT2D eigenvalue weighted by atomic mass is 16.2. The Bertz CT molecular complexity index is 162. The monoisotopic (exact) mass is 130 g/mol.